The lowest BCUT2D eigenvalue weighted by Crippen LogP contribution is -2.12. The average molecular weight is 222 g/mol. The lowest BCUT2D eigenvalue weighted by Gasteiger charge is -2.03. The van der Waals surface area contributed by atoms with Crippen LogP contribution in [0, 0.1) is 0 Å². The summed E-state index contributed by atoms with van der Waals surface area (Å²) in [5, 5.41) is 0.471. The number of nitrogens with two attached hydrogens (primary N) is 1. The van der Waals surface area contributed by atoms with Crippen molar-refractivity contribution < 1.29 is 9.21 Å². The summed E-state index contributed by atoms with van der Waals surface area (Å²) in [6.07, 6.45) is 1.54. The molecule has 0 unspecified atom stereocenters. The van der Waals surface area contributed by atoms with E-state index in [1.807, 2.05) is 0 Å². The maximum atomic E-state index is 11.2. The monoisotopic (exact) mass is 221 g/mol. The molecule has 1 aromatic carbocycles. The summed E-state index contributed by atoms with van der Waals surface area (Å²) in [7, 11) is 0. The number of furan rings is 1. The summed E-state index contributed by atoms with van der Waals surface area (Å²) in [5.41, 5.74) is 6.26. The van der Waals surface area contributed by atoms with E-state index in [1.54, 1.807) is 24.3 Å². The highest BCUT2D eigenvalue weighted by Crippen LogP contribution is 2.26. The summed E-state index contributed by atoms with van der Waals surface area (Å²) in [5.74, 6) is 0.0735. The van der Waals surface area contributed by atoms with Gasteiger partial charge in [-0.05, 0) is 30.3 Å². The number of amides is 1. The van der Waals surface area contributed by atoms with Gasteiger partial charge in [-0.3, -0.25) is 4.79 Å². The van der Waals surface area contributed by atoms with E-state index in [2.05, 4.69) is 0 Å². The minimum absolute atomic E-state index is 0.359. The summed E-state index contributed by atoms with van der Waals surface area (Å²) >= 11 is 5.78. The van der Waals surface area contributed by atoms with Crippen molar-refractivity contribution in [3.63, 3.8) is 0 Å². The number of primary amides is 1. The second-order valence-electron chi connectivity index (χ2n) is 3.03. The van der Waals surface area contributed by atoms with Crippen LogP contribution in [0.1, 0.15) is 10.4 Å². The number of hydrogen-bond donors (Lipinski definition) is 1. The molecule has 15 heavy (non-hydrogen) atoms. The van der Waals surface area contributed by atoms with Crippen molar-refractivity contribution in [1.29, 1.82) is 0 Å². The molecule has 1 amide bonds. The van der Waals surface area contributed by atoms with Crippen LogP contribution in [0.25, 0.3) is 11.3 Å². The van der Waals surface area contributed by atoms with Crippen molar-refractivity contribution in [3.05, 3.63) is 47.2 Å². The van der Waals surface area contributed by atoms with Crippen LogP contribution in [0.15, 0.2) is 41.0 Å². The fourth-order valence-corrected chi connectivity index (χ4v) is 1.54. The molecule has 2 rings (SSSR count). The standard InChI is InChI=1S/C11H8ClNO2/c12-7-3-4-8(9(6-7)11(13)14)10-2-1-5-15-10/h1-6H,(H2,13,14). The molecule has 2 N–H and O–H groups in total. The molecule has 2 aromatic rings. The van der Waals surface area contributed by atoms with E-state index in [-0.39, 0.29) is 0 Å². The molecule has 0 aliphatic carbocycles. The number of halogens is 1. The van der Waals surface area contributed by atoms with E-state index < -0.39 is 5.91 Å². The summed E-state index contributed by atoms with van der Waals surface area (Å²) < 4.78 is 5.20. The van der Waals surface area contributed by atoms with Crippen molar-refractivity contribution in [2.24, 2.45) is 5.73 Å². The first-order valence-electron chi connectivity index (χ1n) is 4.31. The van der Waals surface area contributed by atoms with Gasteiger partial charge < -0.3 is 10.2 Å². The highest BCUT2D eigenvalue weighted by atomic mass is 35.5. The Labute approximate surface area is 91.5 Å². The van der Waals surface area contributed by atoms with E-state index in [9.17, 15) is 4.79 Å². The molecule has 0 fully saturated rings. The third-order valence-corrected chi connectivity index (χ3v) is 2.27. The minimum atomic E-state index is -0.524. The second kappa shape index (κ2) is 3.79. The summed E-state index contributed by atoms with van der Waals surface area (Å²) in [4.78, 5) is 11.2. The van der Waals surface area contributed by atoms with Crippen LogP contribution < -0.4 is 5.73 Å². The molecule has 0 bridgehead atoms. The molecule has 0 saturated carbocycles. The highest BCUT2D eigenvalue weighted by molar-refractivity contribution is 6.31. The lowest BCUT2D eigenvalue weighted by atomic mass is 10.1. The van der Waals surface area contributed by atoms with Gasteiger partial charge in [-0.2, -0.15) is 0 Å². The molecular weight excluding hydrogens is 214 g/mol. The second-order valence-corrected chi connectivity index (χ2v) is 3.47. The molecule has 0 atom stereocenters. The molecule has 0 aliphatic rings. The fourth-order valence-electron chi connectivity index (χ4n) is 1.37. The van der Waals surface area contributed by atoms with Crippen LogP contribution in [-0.2, 0) is 0 Å². The summed E-state index contributed by atoms with van der Waals surface area (Å²) in [6.45, 7) is 0. The van der Waals surface area contributed by atoms with Gasteiger partial charge in [0.25, 0.3) is 0 Å². The Morgan fingerprint density at radius 3 is 2.73 bits per heavy atom. The molecule has 4 heteroatoms. The van der Waals surface area contributed by atoms with Gasteiger partial charge in [0.1, 0.15) is 5.76 Å². The van der Waals surface area contributed by atoms with Crippen molar-refractivity contribution in [3.8, 4) is 11.3 Å². The van der Waals surface area contributed by atoms with Crippen molar-refractivity contribution >= 4 is 17.5 Å². The zero-order chi connectivity index (χ0) is 10.8. The van der Waals surface area contributed by atoms with Crippen LogP contribution in [-0.4, -0.2) is 5.91 Å². The number of rotatable bonds is 2. The zero-order valence-electron chi connectivity index (χ0n) is 7.74. The molecule has 0 saturated heterocycles. The molecule has 0 aliphatic heterocycles. The van der Waals surface area contributed by atoms with Gasteiger partial charge in [0.15, 0.2) is 0 Å². The van der Waals surface area contributed by atoms with E-state index >= 15 is 0 Å². The first kappa shape index (κ1) is 9.80. The van der Waals surface area contributed by atoms with Crippen LogP contribution >= 0.6 is 11.6 Å². The van der Waals surface area contributed by atoms with Gasteiger partial charge in [0, 0.05) is 10.6 Å². The Bertz CT molecular complexity index is 491. The number of carbonyl (C=O) groups excluding carboxylic acids is 1. The van der Waals surface area contributed by atoms with Gasteiger partial charge >= 0.3 is 0 Å². The Balaban J connectivity index is 2.61. The molecule has 1 heterocycles. The third-order valence-electron chi connectivity index (χ3n) is 2.03. The van der Waals surface area contributed by atoms with Crippen molar-refractivity contribution in [1.82, 2.24) is 0 Å². The predicted molar refractivity (Wildman–Crippen MR) is 57.7 cm³/mol. The van der Waals surface area contributed by atoms with Gasteiger partial charge in [-0.1, -0.05) is 11.6 Å². The van der Waals surface area contributed by atoms with Crippen molar-refractivity contribution in [2.75, 3.05) is 0 Å². The molecule has 3 nitrogen and oxygen atoms in total. The van der Waals surface area contributed by atoms with E-state index in [4.69, 9.17) is 21.8 Å². The quantitative estimate of drug-likeness (QED) is 0.848. The van der Waals surface area contributed by atoms with E-state index in [1.165, 1.54) is 12.3 Å². The van der Waals surface area contributed by atoms with Crippen LogP contribution in [0.4, 0.5) is 0 Å². The fraction of sp³-hybridized carbons (Fsp3) is 0. The lowest BCUT2D eigenvalue weighted by molar-refractivity contribution is 0.100. The minimum Gasteiger partial charge on any atom is -0.464 e. The van der Waals surface area contributed by atoms with Gasteiger partial charge in [-0.25, -0.2) is 0 Å². The van der Waals surface area contributed by atoms with Crippen LogP contribution in [0.5, 0.6) is 0 Å². The van der Waals surface area contributed by atoms with E-state index in [0.29, 0.717) is 21.9 Å². The SMILES string of the molecule is NC(=O)c1cc(Cl)ccc1-c1ccco1. The van der Waals surface area contributed by atoms with Crippen LogP contribution in [0.2, 0.25) is 5.02 Å². The molecule has 1 aromatic heterocycles. The zero-order valence-corrected chi connectivity index (χ0v) is 8.49. The van der Waals surface area contributed by atoms with Gasteiger partial charge in [0.05, 0.1) is 11.8 Å². The largest absolute Gasteiger partial charge is 0.464 e. The topological polar surface area (TPSA) is 56.2 Å². The smallest absolute Gasteiger partial charge is 0.249 e. The normalized spacial score (nSPS) is 10.2. The van der Waals surface area contributed by atoms with Crippen molar-refractivity contribution in [2.45, 2.75) is 0 Å². The first-order chi connectivity index (χ1) is 7.18. The number of carbonyl (C=O) groups is 1. The van der Waals surface area contributed by atoms with Gasteiger partial charge in [0.2, 0.25) is 5.91 Å². The molecule has 0 spiro atoms. The molecule has 76 valence electrons. The third kappa shape index (κ3) is 1.87. The molecular formula is C11H8ClNO2. The predicted octanol–water partition coefficient (Wildman–Crippen LogP) is 2.70. The molecule has 0 radical (unpaired) electrons. The first-order valence-corrected chi connectivity index (χ1v) is 4.69. The maximum absolute atomic E-state index is 11.2. The van der Waals surface area contributed by atoms with Crippen LogP contribution in [0.3, 0.4) is 0 Å². The Morgan fingerprint density at radius 1 is 1.33 bits per heavy atom. The number of benzene rings is 1. The van der Waals surface area contributed by atoms with E-state index in [0.717, 1.165) is 0 Å². The Kier molecular flexibility index (Phi) is 2.47. The Hall–Kier alpha value is -1.74. The average Bonchev–Trinajstić information content (AvgIpc) is 2.70. The maximum Gasteiger partial charge on any atom is 0.249 e. The Morgan fingerprint density at radius 2 is 2.13 bits per heavy atom. The summed E-state index contributed by atoms with van der Waals surface area (Å²) in [6, 6.07) is 8.43. The number of hydrogen-bond acceptors (Lipinski definition) is 2. The highest BCUT2D eigenvalue weighted by Gasteiger charge is 2.12. The van der Waals surface area contributed by atoms with Gasteiger partial charge in [-0.15, -0.1) is 0 Å².